The molecule has 5 nitrogen and oxygen atoms in total. The Morgan fingerprint density at radius 1 is 1.05 bits per heavy atom. The summed E-state index contributed by atoms with van der Waals surface area (Å²) in [6.45, 7) is 2.96. The predicted octanol–water partition coefficient (Wildman–Crippen LogP) is 3.45. The van der Waals surface area contributed by atoms with E-state index in [1.807, 2.05) is 0 Å². The van der Waals surface area contributed by atoms with E-state index in [9.17, 15) is 4.79 Å². The van der Waals surface area contributed by atoms with Gasteiger partial charge >= 0.3 is 0 Å². The molecule has 0 aromatic carbocycles. The van der Waals surface area contributed by atoms with Crippen molar-refractivity contribution in [3.05, 3.63) is 5.01 Å². The van der Waals surface area contributed by atoms with Gasteiger partial charge in [-0.3, -0.25) is 4.79 Å². The molecule has 1 rings (SSSR count). The lowest BCUT2D eigenvalue weighted by molar-refractivity contribution is 0.0952. The normalized spacial score (nSPS) is 10.5. The van der Waals surface area contributed by atoms with Crippen LogP contribution in [0.1, 0.15) is 68.1 Å². The minimum absolute atomic E-state index is 0.119. The van der Waals surface area contributed by atoms with Crippen LogP contribution in [0.4, 0.5) is 5.13 Å². The number of aromatic nitrogens is 2. The Kier molecular flexibility index (Phi) is 8.95. The van der Waals surface area contributed by atoms with E-state index in [1.165, 1.54) is 56.3 Å². The van der Waals surface area contributed by atoms with Gasteiger partial charge in [-0.2, -0.15) is 0 Å². The van der Waals surface area contributed by atoms with Gasteiger partial charge in [-0.15, -0.1) is 10.2 Å². The first-order valence-electron chi connectivity index (χ1n) is 7.57. The van der Waals surface area contributed by atoms with E-state index in [4.69, 9.17) is 0 Å². The molecule has 1 aromatic heterocycles. The highest BCUT2D eigenvalue weighted by atomic mass is 32.1. The van der Waals surface area contributed by atoms with E-state index in [2.05, 4.69) is 27.8 Å². The van der Waals surface area contributed by atoms with Crippen molar-refractivity contribution >= 4 is 22.4 Å². The number of rotatable bonds is 11. The smallest absolute Gasteiger partial charge is 0.282 e. The van der Waals surface area contributed by atoms with Gasteiger partial charge in [0.25, 0.3) is 5.91 Å². The third-order valence-electron chi connectivity index (χ3n) is 3.15. The molecule has 1 aromatic rings. The largest absolute Gasteiger partial charge is 0.363 e. The van der Waals surface area contributed by atoms with E-state index in [0.29, 0.717) is 10.1 Å². The van der Waals surface area contributed by atoms with Gasteiger partial charge in [0.15, 0.2) is 0 Å². The van der Waals surface area contributed by atoms with Gasteiger partial charge < -0.3 is 10.6 Å². The molecule has 0 unspecified atom stereocenters. The van der Waals surface area contributed by atoms with E-state index in [0.717, 1.165) is 13.0 Å². The molecular formula is C14H26N4OS. The zero-order valence-electron chi connectivity index (χ0n) is 12.6. The van der Waals surface area contributed by atoms with E-state index in [1.54, 1.807) is 7.05 Å². The third kappa shape index (κ3) is 6.84. The van der Waals surface area contributed by atoms with Crippen molar-refractivity contribution in [3.8, 4) is 0 Å². The molecule has 1 amide bonds. The number of unbranched alkanes of at least 4 members (excludes halogenated alkanes) is 7. The number of hydrogen-bond acceptors (Lipinski definition) is 5. The van der Waals surface area contributed by atoms with Gasteiger partial charge in [0.1, 0.15) is 0 Å². The van der Waals surface area contributed by atoms with Crippen LogP contribution in [0, 0.1) is 0 Å². The van der Waals surface area contributed by atoms with Gasteiger partial charge in [0.2, 0.25) is 10.1 Å². The second kappa shape index (κ2) is 10.6. The fourth-order valence-electron chi connectivity index (χ4n) is 1.95. The number of carbonyl (C=O) groups excluding carboxylic acids is 1. The molecule has 0 aliphatic heterocycles. The summed E-state index contributed by atoms with van der Waals surface area (Å²) in [6, 6.07) is 0. The molecule has 0 radical (unpaired) electrons. The predicted molar refractivity (Wildman–Crippen MR) is 84.4 cm³/mol. The standard InChI is InChI=1S/C14H26N4OS/c1-3-4-5-6-7-8-9-10-11-16-12(19)13-17-18-14(15-2)20-13/h3-11H2,1-2H3,(H,15,18)(H,16,19). The second-order valence-electron chi connectivity index (χ2n) is 4.89. The van der Waals surface area contributed by atoms with Crippen LogP contribution in [0.2, 0.25) is 0 Å². The average Bonchev–Trinajstić information content (AvgIpc) is 2.94. The van der Waals surface area contributed by atoms with Crippen molar-refractivity contribution in [2.45, 2.75) is 58.3 Å². The minimum atomic E-state index is -0.119. The Balaban J connectivity index is 1.99. The van der Waals surface area contributed by atoms with Crippen LogP contribution in [0.5, 0.6) is 0 Å². The second-order valence-corrected chi connectivity index (χ2v) is 5.87. The first-order chi connectivity index (χ1) is 9.77. The van der Waals surface area contributed by atoms with Crippen molar-refractivity contribution in [1.29, 1.82) is 0 Å². The molecule has 1 heterocycles. The lowest BCUT2D eigenvalue weighted by Crippen LogP contribution is -2.24. The van der Waals surface area contributed by atoms with Gasteiger partial charge in [0, 0.05) is 13.6 Å². The zero-order chi connectivity index (χ0) is 14.6. The molecule has 0 fully saturated rings. The fourth-order valence-corrected chi connectivity index (χ4v) is 2.57. The molecule has 0 bridgehead atoms. The zero-order valence-corrected chi connectivity index (χ0v) is 13.4. The summed E-state index contributed by atoms with van der Waals surface area (Å²) in [5, 5.41) is 14.5. The van der Waals surface area contributed by atoms with Gasteiger partial charge in [-0.05, 0) is 6.42 Å². The first-order valence-corrected chi connectivity index (χ1v) is 8.39. The Hall–Kier alpha value is -1.17. The Morgan fingerprint density at radius 3 is 2.30 bits per heavy atom. The number of anilines is 1. The van der Waals surface area contributed by atoms with E-state index < -0.39 is 0 Å². The van der Waals surface area contributed by atoms with Crippen molar-refractivity contribution in [2.24, 2.45) is 0 Å². The van der Waals surface area contributed by atoms with E-state index >= 15 is 0 Å². The van der Waals surface area contributed by atoms with Crippen molar-refractivity contribution < 1.29 is 4.79 Å². The molecule has 0 aliphatic carbocycles. The summed E-state index contributed by atoms with van der Waals surface area (Å²) in [6.07, 6.45) is 10.2. The Bertz CT molecular complexity index is 381. The lowest BCUT2D eigenvalue weighted by Gasteiger charge is -2.03. The van der Waals surface area contributed by atoms with E-state index in [-0.39, 0.29) is 5.91 Å². The van der Waals surface area contributed by atoms with Crippen LogP contribution < -0.4 is 10.6 Å². The maximum atomic E-state index is 11.8. The molecule has 0 aliphatic rings. The molecule has 0 saturated heterocycles. The van der Waals surface area contributed by atoms with Gasteiger partial charge in [-0.1, -0.05) is 63.2 Å². The molecule has 6 heteroatoms. The molecular weight excluding hydrogens is 272 g/mol. The number of amides is 1. The monoisotopic (exact) mass is 298 g/mol. The number of nitrogens with one attached hydrogen (secondary N) is 2. The molecule has 0 spiro atoms. The van der Waals surface area contributed by atoms with Gasteiger partial charge in [-0.25, -0.2) is 0 Å². The summed E-state index contributed by atoms with van der Waals surface area (Å²) in [5.41, 5.74) is 0. The number of hydrogen-bond donors (Lipinski definition) is 2. The number of nitrogens with zero attached hydrogens (tertiary/aromatic N) is 2. The van der Waals surface area contributed by atoms with Crippen LogP contribution in [-0.4, -0.2) is 29.7 Å². The quantitative estimate of drug-likeness (QED) is 0.614. The third-order valence-corrected chi connectivity index (χ3v) is 4.09. The number of carbonyl (C=O) groups is 1. The molecule has 20 heavy (non-hydrogen) atoms. The van der Waals surface area contributed by atoms with Crippen LogP contribution >= 0.6 is 11.3 Å². The average molecular weight is 298 g/mol. The van der Waals surface area contributed by atoms with Crippen molar-refractivity contribution in [2.75, 3.05) is 18.9 Å². The Labute approximate surface area is 125 Å². The summed E-state index contributed by atoms with van der Waals surface area (Å²) < 4.78 is 0. The maximum absolute atomic E-state index is 11.8. The van der Waals surface area contributed by atoms with Crippen LogP contribution in [0.25, 0.3) is 0 Å². The highest BCUT2D eigenvalue weighted by Gasteiger charge is 2.10. The van der Waals surface area contributed by atoms with Crippen LogP contribution in [-0.2, 0) is 0 Å². The van der Waals surface area contributed by atoms with Crippen LogP contribution in [0.3, 0.4) is 0 Å². The lowest BCUT2D eigenvalue weighted by atomic mass is 10.1. The topological polar surface area (TPSA) is 66.9 Å². The Morgan fingerprint density at radius 2 is 1.70 bits per heavy atom. The highest BCUT2D eigenvalue weighted by Crippen LogP contribution is 2.13. The van der Waals surface area contributed by atoms with Gasteiger partial charge in [0.05, 0.1) is 0 Å². The molecule has 0 atom stereocenters. The summed E-state index contributed by atoms with van der Waals surface area (Å²) in [5.74, 6) is -0.119. The molecule has 0 saturated carbocycles. The maximum Gasteiger partial charge on any atom is 0.282 e. The minimum Gasteiger partial charge on any atom is -0.363 e. The molecule has 114 valence electrons. The molecule has 2 N–H and O–H groups in total. The van der Waals surface area contributed by atoms with Crippen molar-refractivity contribution in [3.63, 3.8) is 0 Å². The SMILES string of the molecule is CCCCCCCCCCNC(=O)c1nnc(NC)s1. The summed E-state index contributed by atoms with van der Waals surface area (Å²) in [4.78, 5) is 11.8. The summed E-state index contributed by atoms with van der Waals surface area (Å²) >= 11 is 1.28. The fraction of sp³-hybridized carbons (Fsp3) is 0.786. The first kappa shape index (κ1) is 16.9. The highest BCUT2D eigenvalue weighted by molar-refractivity contribution is 7.17. The van der Waals surface area contributed by atoms with Crippen molar-refractivity contribution in [1.82, 2.24) is 15.5 Å². The summed E-state index contributed by atoms with van der Waals surface area (Å²) in [7, 11) is 1.77. The van der Waals surface area contributed by atoms with Crippen LogP contribution in [0.15, 0.2) is 0 Å².